The van der Waals surface area contributed by atoms with E-state index in [1.165, 1.54) is 5.56 Å². The molecule has 6 heteroatoms. The SMILES string of the molecule is C=CC[N@+]1(C)CC[C@]23c4c5ccc(O)c4O[C@@]2(Cc2ccccc2)C(=O)CC[C@@]3(OCCCC)[C@H]1C5.[I-]. The molecule has 1 saturated heterocycles. The number of carbonyl (C=O) groups excluding carboxylic acids is 1. The molecule has 2 heterocycles. The van der Waals surface area contributed by atoms with Crippen LogP contribution in [0.5, 0.6) is 11.5 Å². The second-order valence-electron chi connectivity index (χ2n) is 11.6. The number of likely N-dealkylation sites (N-methyl/N-ethyl adjacent to an activating group) is 1. The fourth-order valence-electron chi connectivity index (χ4n) is 8.42. The van der Waals surface area contributed by atoms with E-state index in [-0.39, 0.29) is 41.6 Å². The van der Waals surface area contributed by atoms with Crippen LogP contribution in [0.3, 0.4) is 0 Å². The van der Waals surface area contributed by atoms with Crippen LogP contribution >= 0.6 is 0 Å². The predicted molar refractivity (Wildman–Crippen MR) is 139 cm³/mol. The molecule has 1 N–H and O–H groups in total. The molecule has 6 rings (SSSR count). The summed E-state index contributed by atoms with van der Waals surface area (Å²) in [6.45, 7) is 8.73. The number of rotatable bonds is 8. The summed E-state index contributed by atoms with van der Waals surface area (Å²) >= 11 is 0. The van der Waals surface area contributed by atoms with Crippen molar-refractivity contribution in [2.45, 2.75) is 74.5 Å². The highest BCUT2D eigenvalue weighted by Gasteiger charge is 2.82. The summed E-state index contributed by atoms with van der Waals surface area (Å²) in [7, 11) is 2.33. The normalized spacial score (nSPS) is 34.8. The largest absolute Gasteiger partial charge is 1.00 e. The number of ether oxygens (including phenoxy) is 2. The maximum atomic E-state index is 14.2. The summed E-state index contributed by atoms with van der Waals surface area (Å²) in [5.41, 5.74) is 1.04. The van der Waals surface area contributed by atoms with Crippen molar-refractivity contribution in [3.8, 4) is 11.5 Å². The van der Waals surface area contributed by atoms with Crippen LogP contribution in [0.25, 0.3) is 0 Å². The van der Waals surface area contributed by atoms with Gasteiger partial charge in [0.2, 0.25) is 0 Å². The summed E-state index contributed by atoms with van der Waals surface area (Å²) in [5, 5.41) is 11.1. The van der Waals surface area contributed by atoms with Gasteiger partial charge in [0.25, 0.3) is 0 Å². The Morgan fingerprint density at radius 3 is 2.73 bits per heavy atom. The summed E-state index contributed by atoms with van der Waals surface area (Å²) in [4.78, 5) is 14.2. The molecule has 37 heavy (non-hydrogen) atoms. The molecular weight excluding hydrogens is 577 g/mol. The Morgan fingerprint density at radius 2 is 2.00 bits per heavy atom. The molecule has 1 spiro atoms. The third-order valence-corrected chi connectivity index (χ3v) is 9.91. The number of benzene rings is 2. The Morgan fingerprint density at radius 1 is 1.22 bits per heavy atom. The molecule has 1 saturated carbocycles. The molecule has 5 atom stereocenters. The average Bonchev–Trinajstić information content (AvgIpc) is 3.18. The Balaban J connectivity index is 0.00000280. The van der Waals surface area contributed by atoms with Gasteiger partial charge in [-0.1, -0.05) is 56.3 Å². The van der Waals surface area contributed by atoms with Crippen LogP contribution in [-0.4, -0.2) is 59.4 Å². The van der Waals surface area contributed by atoms with Crippen molar-refractivity contribution in [3.05, 3.63) is 71.8 Å². The number of Topliss-reactive ketones (excluding diaryl/α,β-unsaturated/α-hetero) is 1. The zero-order valence-electron chi connectivity index (χ0n) is 22.0. The minimum atomic E-state index is -1.09. The molecule has 0 aromatic heterocycles. The van der Waals surface area contributed by atoms with Crippen molar-refractivity contribution >= 4 is 5.78 Å². The van der Waals surface area contributed by atoms with Gasteiger partial charge in [0.1, 0.15) is 11.6 Å². The van der Waals surface area contributed by atoms with Crippen LogP contribution < -0.4 is 28.7 Å². The van der Waals surface area contributed by atoms with Crippen LogP contribution in [0, 0.1) is 0 Å². The van der Waals surface area contributed by atoms with Gasteiger partial charge in [-0.05, 0) is 36.1 Å². The van der Waals surface area contributed by atoms with Gasteiger partial charge < -0.3 is 43.0 Å². The fourth-order valence-corrected chi connectivity index (χ4v) is 8.42. The Bertz CT molecular complexity index is 1220. The van der Waals surface area contributed by atoms with Crippen LogP contribution in [0.2, 0.25) is 0 Å². The summed E-state index contributed by atoms with van der Waals surface area (Å²) in [6.07, 6.45) is 7.30. The summed E-state index contributed by atoms with van der Waals surface area (Å²) in [5.74, 6) is 0.788. The highest BCUT2D eigenvalue weighted by Crippen LogP contribution is 2.70. The third kappa shape index (κ3) is 3.37. The lowest BCUT2D eigenvalue weighted by atomic mass is 9.43. The number of phenols is 1. The number of hydrogen-bond acceptors (Lipinski definition) is 4. The first-order valence-electron chi connectivity index (χ1n) is 13.6. The second kappa shape index (κ2) is 9.38. The van der Waals surface area contributed by atoms with E-state index in [1.54, 1.807) is 6.07 Å². The number of nitrogens with zero attached hydrogens (tertiary/aromatic N) is 1. The zero-order valence-corrected chi connectivity index (χ0v) is 24.1. The molecule has 2 aromatic carbocycles. The second-order valence-corrected chi connectivity index (χ2v) is 11.6. The van der Waals surface area contributed by atoms with Crippen molar-refractivity contribution < 1.29 is 47.8 Å². The number of unbranched alkanes of at least 4 members (excludes halogenated alkanes) is 1. The standard InChI is InChI=1S/C31H37NO4.HI/c1-4-6-19-35-30-15-14-26(34)31(21-22-10-8-7-9-11-22)29(30)16-18-32(3,17-5-2)25(30)20-23-12-13-24(33)28(36-31)27(23)29;/h5,7-13,25H,2,4,6,14-21H2,1,3H3;1H/t25-,29-,30-,31+,32-;/m1./s1. The molecule has 5 nitrogen and oxygen atoms in total. The van der Waals surface area contributed by atoms with Crippen LogP contribution in [-0.2, 0) is 27.8 Å². The predicted octanol–water partition coefficient (Wildman–Crippen LogP) is 1.89. The number of hydrogen-bond donors (Lipinski definition) is 1. The van der Waals surface area contributed by atoms with Crippen molar-refractivity contribution in [2.24, 2.45) is 0 Å². The molecule has 2 aliphatic carbocycles. The van der Waals surface area contributed by atoms with Crippen molar-refractivity contribution in [2.75, 3.05) is 26.7 Å². The lowest BCUT2D eigenvalue weighted by Crippen LogP contribution is -3.00. The first kappa shape index (κ1) is 26.7. The van der Waals surface area contributed by atoms with Crippen LogP contribution in [0.1, 0.15) is 55.7 Å². The number of carbonyl (C=O) groups is 1. The number of likely N-dealkylation sites (tertiary alicyclic amines) is 1. The highest BCUT2D eigenvalue weighted by molar-refractivity contribution is 5.94. The molecular formula is C31H38INO4. The van der Waals surface area contributed by atoms with E-state index in [0.717, 1.165) is 54.4 Å². The maximum Gasteiger partial charge on any atom is 0.184 e. The number of phenolic OH excluding ortho intramolecular Hbond substituents is 1. The van der Waals surface area contributed by atoms with Crippen molar-refractivity contribution in [1.82, 2.24) is 0 Å². The number of ketones is 1. The third-order valence-electron chi connectivity index (χ3n) is 9.91. The van der Waals surface area contributed by atoms with E-state index < -0.39 is 16.6 Å². The van der Waals surface area contributed by atoms with Gasteiger partial charge >= 0.3 is 0 Å². The number of quaternary nitrogens is 1. The van der Waals surface area contributed by atoms with E-state index in [1.807, 2.05) is 24.3 Å². The molecule has 2 aliphatic heterocycles. The minimum absolute atomic E-state index is 0. The smallest absolute Gasteiger partial charge is 0.184 e. The quantitative estimate of drug-likeness (QED) is 0.214. The maximum absolute atomic E-state index is 14.2. The Labute approximate surface area is 237 Å². The van der Waals surface area contributed by atoms with Gasteiger partial charge in [0.15, 0.2) is 22.9 Å². The van der Waals surface area contributed by atoms with Crippen molar-refractivity contribution in [3.63, 3.8) is 0 Å². The van der Waals surface area contributed by atoms with Gasteiger partial charge in [-0.2, -0.15) is 0 Å². The fraction of sp³-hybridized carbons (Fsp3) is 0.516. The summed E-state index contributed by atoms with van der Waals surface area (Å²) in [6, 6.07) is 14.2. The van der Waals surface area contributed by atoms with Gasteiger partial charge in [-0.3, -0.25) is 4.79 Å². The molecule has 0 amide bonds. The molecule has 198 valence electrons. The first-order chi connectivity index (χ1) is 17.4. The molecule has 0 radical (unpaired) electrons. The monoisotopic (exact) mass is 615 g/mol. The lowest BCUT2D eigenvalue weighted by Gasteiger charge is -2.68. The van der Waals surface area contributed by atoms with Crippen molar-refractivity contribution in [1.29, 1.82) is 0 Å². The van der Waals surface area contributed by atoms with Gasteiger partial charge in [0, 0.05) is 37.9 Å². The van der Waals surface area contributed by atoms with E-state index in [0.29, 0.717) is 31.6 Å². The van der Waals surface area contributed by atoms with Gasteiger partial charge in [-0.25, -0.2) is 0 Å². The Kier molecular flexibility index (Phi) is 6.77. The van der Waals surface area contributed by atoms with E-state index in [9.17, 15) is 9.90 Å². The Hall–Kier alpha value is -1.90. The molecule has 4 aliphatic rings. The van der Waals surface area contributed by atoms with E-state index in [4.69, 9.17) is 9.47 Å². The minimum Gasteiger partial charge on any atom is -1.00 e. The highest BCUT2D eigenvalue weighted by atomic mass is 127. The number of aromatic hydroxyl groups is 1. The molecule has 2 bridgehead atoms. The average molecular weight is 616 g/mol. The zero-order chi connectivity index (χ0) is 25.2. The van der Waals surface area contributed by atoms with Crippen LogP contribution in [0.4, 0.5) is 0 Å². The summed E-state index contributed by atoms with van der Waals surface area (Å²) < 4.78 is 14.9. The molecule has 2 aromatic rings. The number of piperidine rings is 1. The van der Waals surface area contributed by atoms with Gasteiger partial charge in [0.05, 0.1) is 25.6 Å². The van der Waals surface area contributed by atoms with E-state index in [2.05, 4.69) is 38.7 Å². The molecule has 2 fully saturated rings. The first-order valence-corrected chi connectivity index (χ1v) is 13.6. The topological polar surface area (TPSA) is 55.8 Å². The molecule has 0 unspecified atom stereocenters. The number of halogens is 1. The lowest BCUT2D eigenvalue weighted by molar-refractivity contribution is -0.944. The van der Waals surface area contributed by atoms with Crippen LogP contribution in [0.15, 0.2) is 55.1 Å². The van der Waals surface area contributed by atoms with E-state index >= 15 is 0 Å². The van der Waals surface area contributed by atoms with Gasteiger partial charge in [-0.15, -0.1) is 0 Å².